The number of hydrogen-bond donors (Lipinski definition) is 1. The summed E-state index contributed by atoms with van der Waals surface area (Å²) in [6, 6.07) is 2.05. The van der Waals surface area contributed by atoms with Crippen LogP contribution in [0.5, 0.6) is 0 Å². The maximum Gasteiger partial charge on any atom is 0.409 e. The van der Waals surface area contributed by atoms with Gasteiger partial charge in [0.25, 0.3) is 11.8 Å². The summed E-state index contributed by atoms with van der Waals surface area (Å²) >= 11 is 0. The van der Waals surface area contributed by atoms with Gasteiger partial charge in [-0.1, -0.05) is 13.3 Å². The minimum absolute atomic E-state index is 0.199. The maximum absolute atomic E-state index is 12.2. The molecular formula is C24H27N9O3. The fraction of sp³-hybridized carbons (Fsp3) is 0.375. The van der Waals surface area contributed by atoms with E-state index in [0.717, 1.165) is 36.8 Å². The van der Waals surface area contributed by atoms with E-state index < -0.39 is 0 Å². The van der Waals surface area contributed by atoms with Crippen molar-refractivity contribution in [2.24, 2.45) is 0 Å². The van der Waals surface area contributed by atoms with Crippen LogP contribution in [0.25, 0.3) is 34.2 Å². The van der Waals surface area contributed by atoms with E-state index in [9.17, 15) is 4.79 Å². The number of anilines is 1. The molecule has 5 heterocycles. The fourth-order valence-corrected chi connectivity index (χ4v) is 4.04. The number of amides is 1. The molecule has 0 atom stereocenters. The van der Waals surface area contributed by atoms with Crippen LogP contribution in [-0.4, -0.2) is 65.6 Å². The zero-order valence-corrected chi connectivity index (χ0v) is 19.9. The van der Waals surface area contributed by atoms with Crippen molar-refractivity contribution in [3.8, 4) is 34.2 Å². The smallest absolute Gasteiger partial charge is 0.409 e. The Morgan fingerprint density at radius 2 is 1.94 bits per heavy atom. The number of piperidine rings is 1. The van der Waals surface area contributed by atoms with Crippen molar-refractivity contribution in [1.29, 1.82) is 0 Å². The van der Waals surface area contributed by atoms with Crippen molar-refractivity contribution < 1.29 is 13.9 Å². The van der Waals surface area contributed by atoms with Crippen LogP contribution >= 0.6 is 0 Å². The third kappa shape index (κ3) is 5.02. The highest BCUT2D eigenvalue weighted by atomic mass is 16.6. The predicted octanol–water partition coefficient (Wildman–Crippen LogP) is 3.61. The molecule has 4 aromatic rings. The SMILES string of the molecule is CCCCOC(=O)N1CCC(n2cc(-c3cnc(N)c(-c4nnc(-c5cnccn5)o4)c3)cn2)CC1. The van der Waals surface area contributed by atoms with Crippen LogP contribution in [0.4, 0.5) is 10.6 Å². The molecule has 0 aliphatic carbocycles. The summed E-state index contributed by atoms with van der Waals surface area (Å²) in [5.41, 5.74) is 8.82. The van der Waals surface area contributed by atoms with Gasteiger partial charge in [-0.2, -0.15) is 5.10 Å². The number of nitrogens with two attached hydrogens (primary N) is 1. The summed E-state index contributed by atoms with van der Waals surface area (Å²) in [7, 11) is 0. The maximum atomic E-state index is 12.2. The first-order valence-corrected chi connectivity index (χ1v) is 11.9. The lowest BCUT2D eigenvalue weighted by atomic mass is 10.1. The lowest BCUT2D eigenvalue weighted by molar-refractivity contribution is 0.0865. The summed E-state index contributed by atoms with van der Waals surface area (Å²) in [4.78, 5) is 26.5. The molecule has 1 aliphatic rings. The molecule has 0 aromatic carbocycles. The second-order valence-electron chi connectivity index (χ2n) is 8.55. The lowest BCUT2D eigenvalue weighted by Crippen LogP contribution is -2.39. The average molecular weight is 490 g/mol. The van der Waals surface area contributed by atoms with Gasteiger partial charge in [0.1, 0.15) is 11.5 Å². The summed E-state index contributed by atoms with van der Waals surface area (Å²) in [5, 5.41) is 12.7. The second-order valence-corrected chi connectivity index (χ2v) is 8.55. The highest BCUT2D eigenvalue weighted by Crippen LogP contribution is 2.31. The first-order chi connectivity index (χ1) is 17.6. The fourth-order valence-electron chi connectivity index (χ4n) is 4.04. The average Bonchev–Trinajstić information content (AvgIpc) is 3.61. The molecule has 1 fully saturated rings. The van der Waals surface area contributed by atoms with E-state index in [2.05, 4.69) is 37.2 Å². The number of carbonyl (C=O) groups is 1. The molecule has 0 bridgehead atoms. The lowest BCUT2D eigenvalue weighted by Gasteiger charge is -2.31. The van der Waals surface area contributed by atoms with Gasteiger partial charge in [0, 0.05) is 49.0 Å². The molecule has 186 valence electrons. The zero-order chi connectivity index (χ0) is 24.9. The van der Waals surface area contributed by atoms with Crippen molar-refractivity contribution in [2.45, 2.75) is 38.6 Å². The number of likely N-dealkylation sites (tertiary alicyclic amines) is 1. The van der Waals surface area contributed by atoms with E-state index in [1.807, 2.05) is 16.9 Å². The Hall–Kier alpha value is -4.35. The molecular weight excluding hydrogens is 462 g/mol. The first kappa shape index (κ1) is 23.4. The molecule has 12 heteroatoms. The normalized spacial score (nSPS) is 14.2. The molecule has 4 aromatic heterocycles. The molecule has 1 amide bonds. The van der Waals surface area contributed by atoms with E-state index in [1.54, 1.807) is 35.9 Å². The summed E-state index contributed by atoms with van der Waals surface area (Å²) in [6.45, 7) is 3.83. The van der Waals surface area contributed by atoms with Gasteiger partial charge in [-0.15, -0.1) is 10.2 Å². The molecule has 0 spiro atoms. The van der Waals surface area contributed by atoms with Crippen LogP contribution in [-0.2, 0) is 4.74 Å². The first-order valence-electron chi connectivity index (χ1n) is 11.9. The molecule has 1 aliphatic heterocycles. The Morgan fingerprint density at radius 3 is 2.72 bits per heavy atom. The minimum atomic E-state index is -0.230. The number of rotatable bonds is 7. The number of hydrogen-bond acceptors (Lipinski definition) is 10. The van der Waals surface area contributed by atoms with Gasteiger partial charge < -0.3 is 19.8 Å². The summed E-state index contributed by atoms with van der Waals surface area (Å²) in [5.74, 6) is 0.767. The number of nitrogens with zero attached hydrogens (tertiary/aromatic N) is 8. The van der Waals surface area contributed by atoms with Crippen LogP contribution in [0.3, 0.4) is 0 Å². The van der Waals surface area contributed by atoms with Gasteiger partial charge in [0.05, 0.1) is 30.6 Å². The van der Waals surface area contributed by atoms with Crippen molar-refractivity contribution in [2.75, 3.05) is 25.4 Å². The van der Waals surface area contributed by atoms with Gasteiger partial charge in [0.15, 0.2) is 0 Å². The van der Waals surface area contributed by atoms with Crippen LogP contribution in [0.1, 0.15) is 38.6 Å². The van der Waals surface area contributed by atoms with Crippen molar-refractivity contribution in [1.82, 2.24) is 39.8 Å². The molecule has 2 N–H and O–H groups in total. The van der Waals surface area contributed by atoms with E-state index in [0.29, 0.717) is 31.0 Å². The third-order valence-electron chi connectivity index (χ3n) is 6.11. The highest BCUT2D eigenvalue weighted by Gasteiger charge is 2.25. The van der Waals surface area contributed by atoms with Crippen LogP contribution < -0.4 is 5.73 Å². The van der Waals surface area contributed by atoms with Crippen molar-refractivity contribution in [3.63, 3.8) is 0 Å². The molecule has 0 unspecified atom stereocenters. The highest BCUT2D eigenvalue weighted by molar-refractivity contribution is 5.75. The predicted molar refractivity (Wildman–Crippen MR) is 130 cm³/mol. The topological polar surface area (TPSA) is 151 Å². The number of nitrogen functional groups attached to an aromatic ring is 1. The third-order valence-corrected chi connectivity index (χ3v) is 6.11. The van der Waals surface area contributed by atoms with Gasteiger partial charge >= 0.3 is 6.09 Å². The number of carbonyl (C=O) groups excluding carboxylic acids is 1. The molecule has 5 rings (SSSR count). The number of unbranched alkanes of at least 4 members (excludes halogenated alkanes) is 1. The van der Waals surface area contributed by atoms with Crippen molar-refractivity contribution in [3.05, 3.63) is 43.2 Å². The molecule has 36 heavy (non-hydrogen) atoms. The van der Waals surface area contributed by atoms with Crippen LogP contribution in [0.15, 0.2) is 47.7 Å². The zero-order valence-electron chi connectivity index (χ0n) is 19.9. The Kier molecular flexibility index (Phi) is 6.83. The Labute approximate surface area is 207 Å². The quantitative estimate of drug-likeness (QED) is 0.381. The number of aromatic nitrogens is 7. The molecule has 1 saturated heterocycles. The molecule has 0 radical (unpaired) electrons. The molecule has 12 nitrogen and oxygen atoms in total. The van der Waals surface area contributed by atoms with Crippen LogP contribution in [0.2, 0.25) is 0 Å². The van der Waals surface area contributed by atoms with E-state index >= 15 is 0 Å². The summed E-state index contributed by atoms with van der Waals surface area (Å²) < 4.78 is 13.1. The van der Waals surface area contributed by atoms with E-state index in [4.69, 9.17) is 14.9 Å². The number of ether oxygens (including phenoxy) is 1. The minimum Gasteiger partial charge on any atom is -0.449 e. The van der Waals surface area contributed by atoms with Gasteiger partial charge in [-0.05, 0) is 25.3 Å². The largest absolute Gasteiger partial charge is 0.449 e. The summed E-state index contributed by atoms with van der Waals surface area (Å²) in [6.07, 6.45) is 13.4. The number of pyridine rings is 1. The van der Waals surface area contributed by atoms with E-state index in [-0.39, 0.29) is 29.7 Å². The monoisotopic (exact) mass is 489 g/mol. The van der Waals surface area contributed by atoms with E-state index in [1.165, 1.54) is 0 Å². The van der Waals surface area contributed by atoms with Gasteiger partial charge in [-0.3, -0.25) is 9.67 Å². The van der Waals surface area contributed by atoms with Gasteiger partial charge in [0.2, 0.25) is 0 Å². The van der Waals surface area contributed by atoms with Crippen LogP contribution in [0, 0.1) is 0 Å². The Bertz CT molecular complexity index is 1310. The standard InChI is InChI=1S/C24H27N9O3/c1-2-3-10-35-24(34)32-8-4-18(5-9-32)33-15-17(13-29-33)16-11-19(21(25)28-12-16)22-30-31-23(36-22)20-14-26-6-7-27-20/h6-7,11-15,18H,2-5,8-10H2,1H3,(H2,25,28). The van der Waals surface area contributed by atoms with Crippen molar-refractivity contribution >= 4 is 11.9 Å². The second kappa shape index (κ2) is 10.5. The Morgan fingerprint density at radius 1 is 1.11 bits per heavy atom. The van der Waals surface area contributed by atoms with Gasteiger partial charge in [-0.25, -0.2) is 14.8 Å². The Balaban J connectivity index is 1.27. The molecule has 0 saturated carbocycles.